The second-order valence-corrected chi connectivity index (χ2v) is 9.70. The summed E-state index contributed by atoms with van der Waals surface area (Å²) in [7, 11) is 1.91. The third-order valence-electron chi connectivity index (χ3n) is 4.44. The molecule has 1 atom stereocenters. The largest absolute Gasteiger partial charge is 0.481 e. The topological polar surface area (TPSA) is 52.8 Å². The van der Waals surface area contributed by atoms with Crippen LogP contribution in [0.2, 0.25) is 15.1 Å². The van der Waals surface area contributed by atoms with Gasteiger partial charge >= 0.3 is 0 Å². The quantitative estimate of drug-likeness (QED) is 0.243. The molecule has 0 amide bonds. The van der Waals surface area contributed by atoms with Crippen molar-refractivity contribution in [3.63, 3.8) is 0 Å². The number of nitrogens with zero attached hydrogens (tertiary/aromatic N) is 4. The summed E-state index contributed by atoms with van der Waals surface area (Å²) in [6, 6.07) is 12.8. The fourth-order valence-corrected chi connectivity index (χ4v) is 5.40. The standard InChI is InChI=1S/C21H17Cl3N4OS2/c1-12(29-18-8-7-13(22)9-17(18)24)19-26-27-21(28(19)2)31-11-14-10-30-20(25-14)15-5-3-4-6-16(15)23/h3-10,12H,11H2,1-2H3. The number of aromatic nitrogens is 4. The summed E-state index contributed by atoms with van der Waals surface area (Å²) in [6.45, 7) is 1.90. The maximum Gasteiger partial charge on any atom is 0.191 e. The SMILES string of the molecule is CC(Oc1ccc(Cl)cc1Cl)c1nnc(SCc2csc(-c3ccccc3Cl)n2)n1C. The number of hydrogen-bond acceptors (Lipinski definition) is 6. The molecule has 31 heavy (non-hydrogen) atoms. The highest BCUT2D eigenvalue weighted by atomic mass is 35.5. The molecule has 160 valence electrons. The first-order valence-electron chi connectivity index (χ1n) is 9.25. The highest BCUT2D eigenvalue weighted by Gasteiger charge is 2.19. The van der Waals surface area contributed by atoms with Crippen molar-refractivity contribution in [3.05, 3.63) is 74.4 Å². The zero-order chi connectivity index (χ0) is 22.0. The van der Waals surface area contributed by atoms with Gasteiger partial charge in [-0.2, -0.15) is 0 Å². The van der Waals surface area contributed by atoms with Crippen molar-refractivity contribution in [2.45, 2.75) is 23.9 Å². The van der Waals surface area contributed by atoms with Crippen LogP contribution in [0.1, 0.15) is 24.5 Å². The molecule has 2 aromatic heterocycles. The van der Waals surface area contributed by atoms with Crippen LogP contribution in [0.3, 0.4) is 0 Å². The van der Waals surface area contributed by atoms with Gasteiger partial charge in [-0.3, -0.25) is 0 Å². The molecule has 0 bridgehead atoms. The van der Waals surface area contributed by atoms with Crippen LogP contribution in [0.5, 0.6) is 5.75 Å². The average molecular weight is 512 g/mol. The monoisotopic (exact) mass is 510 g/mol. The highest BCUT2D eigenvalue weighted by Crippen LogP contribution is 2.33. The molecule has 0 aliphatic rings. The Balaban J connectivity index is 1.42. The molecule has 10 heteroatoms. The lowest BCUT2D eigenvalue weighted by Gasteiger charge is -2.15. The molecule has 2 heterocycles. The molecule has 0 aliphatic heterocycles. The highest BCUT2D eigenvalue weighted by molar-refractivity contribution is 7.98. The molecule has 4 aromatic rings. The van der Waals surface area contributed by atoms with Gasteiger partial charge in [-0.1, -0.05) is 64.8 Å². The van der Waals surface area contributed by atoms with Crippen LogP contribution in [0.15, 0.2) is 53.0 Å². The van der Waals surface area contributed by atoms with Gasteiger partial charge in [0.05, 0.1) is 15.7 Å². The lowest BCUT2D eigenvalue weighted by molar-refractivity contribution is 0.211. The zero-order valence-corrected chi connectivity index (χ0v) is 20.5. The third-order valence-corrected chi connectivity index (χ3v) is 7.27. The van der Waals surface area contributed by atoms with Gasteiger partial charge < -0.3 is 9.30 Å². The molecule has 0 saturated carbocycles. The molecule has 0 fully saturated rings. The van der Waals surface area contributed by atoms with E-state index in [0.717, 1.165) is 21.4 Å². The molecule has 5 nitrogen and oxygen atoms in total. The smallest absolute Gasteiger partial charge is 0.191 e. The summed E-state index contributed by atoms with van der Waals surface area (Å²) in [4.78, 5) is 4.71. The fourth-order valence-electron chi connectivity index (χ4n) is 2.89. The van der Waals surface area contributed by atoms with Gasteiger partial charge in [0.2, 0.25) is 0 Å². The number of thiazole rings is 1. The summed E-state index contributed by atoms with van der Waals surface area (Å²) in [5.41, 5.74) is 1.91. The van der Waals surface area contributed by atoms with Crippen molar-refractivity contribution >= 4 is 57.9 Å². The van der Waals surface area contributed by atoms with Gasteiger partial charge in [-0.05, 0) is 31.2 Å². The Bertz CT molecular complexity index is 1210. The second-order valence-electron chi connectivity index (χ2n) is 6.65. The van der Waals surface area contributed by atoms with Crippen molar-refractivity contribution in [3.8, 4) is 16.3 Å². The Morgan fingerprint density at radius 3 is 2.68 bits per heavy atom. The van der Waals surface area contributed by atoms with Crippen molar-refractivity contribution in [2.24, 2.45) is 7.05 Å². The molecule has 1 unspecified atom stereocenters. The zero-order valence-electron chi connectivity index (χ0n) is 16.6. The van der Waals surface area contributed by atoms with Crippen LogP contribution in [0.4, 0.5) is 0 Å². The first-order chi connectivity index (χ1) is 14.9. The first-order valence-corrected chi connectivity index (χ1v) is 12.3. The van der Waals surface area contributed by atoms with Gasteiger partial charge in [0.25, 0.3) is 0 Å². The molecule has 0 N–H and O–H groups in total. The number of thioether (sulfide) groups is 1. The summed E-state index contributed by atoms with van der Waals surface area (Å²) >= 11 is 21.6. The van der Waals surface area contributed by atoms with E-state index >= 15 is 0 Å². The molecule has 0 radical (unpaired) electrons. The Hall–Kier alpha value is -1.77. The number of ether oxygens (including phenoxy) is 1. The van der Waals surface area contributed by atoms with Crippen LogP contribution in [-0.4, -0.2) is 19.7 Å². The number of hydrogen-bond donors (Lipinski definition) is 0. The molecule has 0 aliphatic carbocycles. The predicted molar refractivity (Wildman–Crippen MR) is 129 cm³/mol. The van der Waals surface area contributed by atoms with Crippen LogP contribution < -0.4 is 4.74 Å². The molecule has 0 spiro atoms. The Labute approximate surface area is 203 Å². The van der Waals surface area contributed by atoms with Crippen LogP contribution in [-0.2, 0) is 12.8 Å². The average Bonchev–Trinajstić information content (AvgIpc) is 3.35. The minimum Gasteiger partial charge on any atom is -0.481 e. The van der Waals surface area contributed by atoms with Gasteiger partial charge in [0.1, 0.15) is 10.8 Å². The Morgan fingerprint density at radius 1 is 1.10 bits per heavy atom. The van der Waals surface area contributed by atoms with E-state index in [-0.39, 0.29) is 6.10 Å². The number of rotatable bonds is 7. The van der Waals surface area contributed by atoms with E-state index in [4.69, 9.17) is 44.5 Å². The molecular formula is C21H17Cl3N4OS2. The van der Waals surface area contributed by atoms with Crippen molar-refractivity contribution < 1.29 is 4.74 Å². The summed E-state index contributed by atoms with van der Waals surface area (Å²) in [5, 5.41) is 14.0. The maximum absolute atomic E-state index is 6.28. The van der Waals surface area contributed by atoms with Crippen LogP contribution in [0.25, 0.3) is 10.6 Å². The number of benzene rings is 2. The van der Waals surface area contributed by atoms with E-state index in [1.807, 2.05) is 48.2 Å². The number of halogens is 3. The molecular weight excluding hydrogens is 495 g/mol. The van der Waals surface area contributed by atoms with Gasteiger partial charge in [0.15, 0.2) is 17.1 Å². The minimum atomic E-state index is -0.336. The third kappa shape index (κ3) is 5.18. The normalized spacial score (nSPS) is 12.2. The van der Waals surface area contributed by atoms with E-state index in [0.29, 0.717) is 32.4 Å². The van der Waals surface area contributed by atoms with Gasteiger partial charge in [0, 0.05) is 28.8 Å². The predicted octanol–water partition coefficient (Wildman–Crippen LogP) is 7.33. The summed E-state index contributed by atoms with van der Waals surface area (Å²) in [6.07, 6.45) is -0.336. The minimum absolute atomic E-state index is 0.336. The van der Waals surface area contributed by atoms with E-state index in [1.165, 1.54) is 0 Å². The summed E-state index contributed by atoms with van der Waals surface area (Å²) in [5.74, 6) is 1.92. The lowest BCUT2D eigenvalue weighted by atomic mass is 10.2. The van der Waals surface area contributed by atoms with Crippen LogP contribution in [0, 0.1) is 0 Å². The van der Waals surface area contributed by atoms with Crippen molar-refractivity contribution in [2.75, 3.05) is 0 Å². The van der Waals surface area contributed by atoms with E-state index in [1.54, 1.807) is 41.3 Å². The lowest BCUT2D eigenvalue weighted by Crippen LogP contribution is -2.10. The summed E-state index contributed by atoms with van der Waals surface area (Å²) < 4.78 is 7.88. The molecule has 4 rings (SSSR count). The van der Waals surface area contributed by atoms with Crippen LogP contribution >= 0.6 is 57.9 Å². The van der Waals surface area contributed by atoms with Gasteiger partial charge in [-0.15, -0.1) is 21.5 Å². The van der Waals surface area contributed by atoms with E-state index < -0.39 is 0 Å². The fraction of sp³-hybridized carbons (Fsp3) is 0.190. The van der Waals surface area contributed by atoms with E-state index in [9.17, 15) is 0 Å². The van der Waals surface area contributed by atoms with E-state index in [2.05, 4.69) is 10.2 Å². The van der Waals surface area contributed by atoms with Crippen molar-refractivity contribution in [1.82, 2.24) is 19.7 Å². The molecule has 2 aromatic carbocycles. The van der Waals surface area contributed by atoms with Gasteiger partial charge in [-0.25, -0.2) is 4.98 Å². The van der Waals surface area contributed by atoms with Crippen molar-refractivity contribution in [1.29, 1.82) is 0 Å². The second kappa shape index (κ2) is 9.79. The first kappa shape index (κ1) is 22.4. The molecule has 0 saturated heterocycles. The maximum atomic E-state index is 6.28. The Kier molecular flexibility index (Phi) is 7.08. The Morgan fingerprint density at radius 2 is 1.90 bits per heavy atom.